The molecule has 0 fully saturated rings. The second-order valence-corrected chi connectivity index (χ2v) is 5.63. The molecule has 1 aromatic heterocycles. The van der Waals surface area contributed by atoms with E-state index in [9.17, 15) is 13.2 Å². The number of nitrogens with one attached hydrogen (secondary N) is 2. The van der Waals surface area contributed by atoms with Crippen LogP contribution in [0.3, 0.4) is 0 Å². The Balaban J connectivity index is 2.19. The molecule has 0 aliphatic heterocycles. The molecule has 0 bridgehead atoms. The minimum atomic E-state index is -3.79. The van der Waals surface area contributed by atoms with Gasteiger partial charge >= 0.3 is 0 Å². The van der Waals surface area contributed by atoms with Crippen LogP contribution in [0.25, 0.3) is 0 Å². The maximum Gasteiger partial charge on any atom is 0.277 e. The Bertz CT molecular complexity index is 721. The van der Waals surface area contributed by atoms with Crippen molar-refractivity contribution in [2.24, 2.45) is 0 Å². The van der Waals surface area contributed by atoms with Crippen LogP contribution >= 0.6 is 0 Å². The number of carbonyl (C=O) groups is 1. The zero-order chi connectivity index (χ0) is 14.8. The van der Waals surface area contributed by atoms with E-state index >= 15 is 0 Å². The first-order valence-electron chi connectivity index (χ1n) is 5.57. The van der Waals surface area contributed by atoms with Gasteiger partial charge in [-0.15, -0.1) is 0 Å². The predicted molar refractivity (Wildman–Crippen MR) is 70.6 cm³/mol. The van der Waals surface area contributed by atoms with Crippen molar-refractivity contribution >= 4 is 27.6 Å². The molecule has 0 spiro atoms. The van der Waals surface area contributed by atoms with Crippen molar-refractivity contribution in [3.63, 3.8) is 0 Å². The quantitative estimate of drug-likeness (QED) is 0.874. The van der Waals surface area contributed by atoms with Crippen molar-refractivity contribution in [1.29, 1.82) is 0 Å². The summed E-state index contributed by atoms with van der Waals surface area (Å²) in [6, 6.07) is 5.69. The highest BCUT2D eigenvalue weighted by molar-refractivity contribution is 7.92. The van der Waals surface area contributed by atoms with E-state index in [1.54, 1.807) is 6.92 Å². The van der Waals surface area contributed by atoms with Gasteiger partial charge in [-0.05, 0) is 29.4 Å². The average molecular weight is 296 g/mol. The first kappa shape index (κ1) is 14.0. The monoisotopic (exact) mass is 296 g/mol. The van der Waals surface area contributed by atoms with Gasteiger partial charge in [0, 0.05) is 19.5 Å². The van der Waals surface area contributed by atoms with Crippen LogP contribution in [0.4, 0.5) is 11.6 Å². The molecule has 1 aromatic carbocycles. The molecule has 0 aliphatic rings. The highest BCUT2D eigenvalue weighted by Gasteiger charge is 2.17. The molecule has 2 rings (SSSR count). The Morgan fingerprint density at radius 3 is 2.40 bits per heavy atom. The third-order valence-corrected chi connectivity index (χ3v) is 3.58. The lowest BCUT2D eigenvalue weighted by Crippen LogP contribution is -2.14. The fourth-order valence-electron chi connectivity index (χ4n) is 1.44. The number of amides is 1. The van der Waals surface area contributed by atoms with Crippen LogP contribution in [0.15, 0.2) is 33.7 Å². The Kier molecular flexibility index (Phi) is 3.70. The Hall–Kier alpha value is -2.42. The van der Waals surface area contributed by atoms with E-state index in [2.05, 4.69) is 24.7 Å². The third kappa shape index (κ3) is 3.32. The summed E-state index contributed by atoms with van der Waals surface area (Å²) >= 11 is 0. The number of carbonyl (C=O) groups excluding carboxylic acids is 1. The molecule has 2 aromatic rings. The highest BCUT2D eigenvalue weighted by atomic mass is 32.2. The smallest absolute Gasteiger partial charge is 0.277 e. The zero-order valence-corrected chi connectivity index (χ0v) is 11.6. The fourth-order valence-corrected chi connectivity index (χ4v) is 2.38. The number of aromatic nitrogens is 2. The minimum Gasteiger partial charge on any atom is -0.338 e. The van der Waals surface area contributed by atoms with E-state index < -0.39 is 10.0 Å². The first-order valence-corrected chi connectivity index (χ1v) is 7.06. The molecule has 0 unspecified atom stereocenters. The van der Waals surface area contributed by atoms with Crippen LogP contribution in [0, 0.1) is 6.92 Å². The van der Waals surface area contributed by atoms with Crippen molar-refractivity contribution in [1.82, 2.24) is 10.1 Å². The summed E-state index contributed by atoms with van der Waals surface area (Å²) < 4.78 is 30.9. The van der Waals surface area contributed by atoms with Crippen LogP contribution in [-0.4, -0.2) is 24.5 Å². The van der Waals surface area contributed by atoms with Gasteiger partial charge in [0.1, 0.15) is 0 Å². The fraction of sp³-hybridized carbons (Fsp3) is 0.182. The summed E-state index contributed by atoms with van der Waals surface area (Å²) in [6.45, 7) is 2.91. The van der Waals surface area contributed by atoms with Crippen LogP contribution in [0.1, 0.15) is 12.8 Å². The molecule has 0 saturated carbocycles. The van der Waals surface area contributed by atoms with Gasteiger partial charge < -0.3 is 9.84 Å². The maximum atomic E-state index is 12.0. The number of sulfonamides is 1. The number of aryl methyl sites for hydroxylation is 1. The summed E-state index contributed by atoms with van der Waals surface area (Å²) in [7, 11) is -3.79. The molecular formula is C11H12N4O4S. The van der Waals surface area contributed by atoms with Crippen molar-refractivity contribution < 1.29 is 17.7 Å². The van der Waals surface area contributed by atoms with Gasteiger partial charge in [-0.25, -0.2) is 13.1 Å². The second-order valence-electron chi connectivity index (χ2n) is 3.95. The molecule has 0 atom stereocenters. The van der Waals surface area contributed by atoms with Gasteiger partial charge in [0.2, 0.25) is 11.8 Å². The largest absolute Gasteiger partial charge is 0.338 e. The number of anilines is 2. The van der Waals surface area contributed by atoms with E-state index in [0.717, 1.165) is 0 Å². The van der Waals surface area contributed by atoms with Gasteiger partial charge in [0.05, 0.1) is 4.90 Å². The second kappa shape index (κ2) is 5.29. The van der Waals surface area contributed by atoms with Gasteiger partial charge in [0.15, 0.2) is 0 Å². The van der Waals surface area contributed by atoms with E-state index in [0.29, 0.717) is 5.69 Å². The van der Waals surface area contributed by atoms with Gasteiger partial charge in [0.25, 0.3) is 16.0 Å². The van der Waals surface area contributed by atoms with E-state index in [1.807, 2.05) is 0 Å². The van der Waals surface area contributed by atoms with Gasteiger partial charge in [-0.2, -0.15) is 4.98 Å². The molecule has 8 nitrogen and oxygen atoms in total. The van der Waals surface area contributed by atoms with Gasteiger partial charge in [-0.1, -0.05) is 0 Å². The third-order valence-electron chi connectivity index (χ3n) is 2.24. The van der Waals surface area contributed by atoms with Crippen molar-refractivity contribution in [2.75, 3.05) is 10.0 Å². The molecule has 2 N–H and O–H groups in total. The molecule has 1 amide bonds. The molecule has 106 valence electrons. The number of nitrogens with zero attached hydrogens (tertiary/aromatic N) is 2. The van der Waals surface area contributed by atoms with Crippen molar-refractivity contribution in [3.8, 4) is 0 Å². The molecule has 9 heteroatoms. The summed E-state index contributed by atoms with van der Waals surface area (Å²) in [5.74, 6) is -0.113. The van der Waals surface area contributed by atoms with E-state index in [1.165, 1.54) is 31.2 Å². The minimum absolute atomic E-state index is 0.0223. The Labute approximate surface area is 115 Å². The number of benzene rings is 1. The lowest BCUT2D eigenvalue weighted by molar-refractivity contribution is -0.114. The van der Waals surface area contributed by atoms with Crippen LogP contribution in [0.5, 0.6) is 0 Å². The van der Waals surface area contributed by atoms with E-state index in [-0.39, 0.29) is 22.6 Å². The topological polar surface area (TPSA) is 114 Å². The highest BCUT2D eigenvalue weighted by Crippen LogP contribution is 2.16. The number of hydrogen-bond donors (Lipinski definition) is 2. The SMILES string of the molecule is CC(=O)Nc1ccc(S(=O)(=O)Nc2noc(C)n2)cc1. The molecule has 20 heavy (non-hydrogen) atoms. The van der Waals surface area contributed by atoms with Gasteiger partial charge in [-0.3, -0.25) is 4.79 Å². The lowest BCUT2D eigenvalue weighted by atomic mass is 10.3. The van der Waals surface area contributed by atoms with E-state index in [4.69, 9.17) is 0 Å². The zero-order valence-electron chi connectivity index (χ0n) is 10.7. The lowest BCUT2D eigenvalue weighted by Gasteiger charge is -2.06. The Morgan fingerprint density at radius 1 is 1.25 bits per heavy atom. The van der Waals surface area contributed by atoms with Crippen molar-refractivity contribution in [3.05, 3.63) is 30.2 Å². The first-order chi connectivity index (χ1) is 9.37. The van der Waals surface area contributed by atoms with Crippen LogP contribution in [0.2, 0.25) is 0 Å². The normalized spacial score (nSPS) is 11.1. The number of rotatable bonds is 4. The van der Waals surface area contributed by atoms with Crippen molar-refractivity contribution in [2.45, 2.75) is 18.7 Å². The summed E-state index contributed by atoms with van der Waals surface area (Å²) in [4.78, 5) is 14.6. The summed E-state index contributed by atoms with van der Waals surface area (Å²) in [6.07, 6.45) is 0. The summed E-state index contributed by atoms with van der Waals surface area (Å²) in [5.41, 5.74) is 0.506. The number of hydrogen-bond acceptors (Lipinski definition) is 6. The molecule has 0 radical (unpaired) electrons. The predicted octanol–water partition coefficient (Wildman–Crippen LogP) is 1.14. The summed E-state index contributed by atoms with van der Waals surface area (Å²) in [5, 5.41) is 5.99. The molecule has 1 heterocycles. The maximum absolute atomic E-state index is 12.0. The van der Waals surface area contributed by atoms with Crippen LogP contribution < -0.4 is 10.0 Å². The average Bonchev–Trinajstić information content (AvgIpc) is 2.74. The molecule has 0 saturated heterocycles. The Morgan fingerprint density at radius 2 is 1.90 bits per heavy atom. The van der Waals surface area contributed by atoms with Crippen LogP contribution in [-0.2, 0) is 14.8 Å². The molecular weight excluding hydrogens is 284 g/mol. The molecule has 0 aliphatic carbocycles. The standard InChI is InChI=1S/C11H12N4O4S/c1-7(16)12-9-3-5-10(6-4-9)20(17,18)15-11-13-8(2)19-14-11/h3-6H,1-2H3,(H,12,16)(H,14,15).